The Morgan fingerprint density at radius 3 is 2.42 bits per heavy atom. The molecule has 7 nitrogen and oxygen atoms in total. The van der Waals surface area contributed by atoms with Gasteiger partial charge in [-0.05, 0) is 50.5 Å². The normalized spacial score (nSPS) is 13.4. The van der Waals surface area contributed by atoms with Gasteiger partial charge in [-0.25, -0.2) is 9.18 Å². The summed E-state index contributed by atoms with van der Waals surface area (Å²) in [6.07, 6.45) is 0.119. The molecule has 180 valence electrons. The van der Waals surface area contributed by atoms with E-state index in [0.29, 0.717) is 31.7 Å². The highest BCUT2D eigenvalue weighted by atomic mass is 19.1. The number of nitrogens with one attached hydrogen (secondary N) is 2. The van der Waals surface area contributed by atoms with Crippen LogP contribution in [0, 0.1) is 5.82 Å². The minimum Gasteiger partial charge on any atom is -0.463 e. The summed E-state index contributed by atoms with van der Waals surface area (Å²) >= 11 is 0. The number of halogens is 1. The first-order chi connectivity index (χ1) is 15.8. The van der Waals surface area contributed by atoms with Gasteiger partial charge in [0, 0.05) is 32.7 Å². The second-order valence-electron chi connectivity index (χ2n) is 8.59. The van der Waals surface area contributed by atoms with E-state index in [-0.39, 0.29) is 5.82 Å². The second-order valence-corrected chi connectivity index (χ2v) is 8.59. The molecule has 0 aromatic heterocycles. The summed E-state index contributed by atoms with van der Waals surface area (Å²) in [6, 6.07) is 14.8. The van der Waals surface area contributed by atoms with E-state index in [0.717, 1.165) is 37.3 Å². The largest absolute Gasteiger partial charge is 0.463 e. The van der Waals surface area contributed by atoms with Crippen LogP contribution in [-0.2, 0) is 27.3 Å². The molecule has 0 spiro atoms. The van der Waals surface area contributed by atoms with E-state index in [1.54, 1.807) is 6.07 Å². The van der Waals surface area contributed by atoms with Gasteiger partial charge in [-0.15, -0.1) is 0 Å². The molecule has 2 aromatic rings. The summed E-state index contributed by atoms with van der Waals surface area (Å²) in [4.78, 5) is 23.4. The van der Waals surface area contributed by atoms with E-state index in [1.807, 2.05) is 63.2 Å². The average Bonchev–Trinajstić information content (AvgIpc) is 2.78. The maximum absolute atomic E-state index is 14.3. The zero-order valence-corrected chi connectivity index (χ0v) is 19.6. The van der Waals surface area contributed by atoms with Gasteiger partial charge in [0.05, 0.1) is 5.69 Å². The van der Waals surface area contributed by atoms with Crippen molar-refractivity contribution in [3.05, 3.63) is 65.5 Å². The van der Waals surface area contributed by atoms with Crippen LogP contribution in [0.25, 0.3) is 0 Å². The van der Waals surface area contributed by atoms with Crippen LogP contribution in [0.5, 0.6) is 0 Å². The van der Waals surface area contributed by atoms with Crippen LogP contribution < -0.4 is 15.5 Å². The van der Waals surface area contributed by atoms with E-state index in [4.69, 9.17) is 4.74 Å². The molecule has 1 aliphatic heterocycles. The summed E-state index contributed by atoms with van der Waals surface area (Å²) in [5, 5.41) is 5.94. The van der Waals surface area contributed by atoms with Gasteiger partial charge in [-0.2, -0.15) is 0 Å². The first kappa shape index (κ1) is 26.1. The van der Waals surface area contributed by atoms with Gasteiger partial charge < -0.3 is 25.0 Å². The van der Waals surface area contributed by atoms with Crippen molar-refractivity contribution >= 4 is 18.3 Å². The number of hydrogen-bond donors (Lipinski definition) is 2. The van der Waals surface area contributed by atoms with Crippen molar-refractivity contribution in [3.63, 3.8) is 0 Å². The fourth-order valence-electron chi connectivity index (χ4n) is 3.20. The molecule has 0 atom stereocenters. The monoisotopic (exact) mass is 459 g/mol. The summed E-state index contributed by atoms with van der Waals surface area (Å²) < 4.78 is 24.0. The molecule has 8 heteroatoms. The summed E-state index contributed by atoms with van der Waals surface area (Å²) in [5.74, 6) is -0.207. The lowest BCUT2D eigenvalue weighted by atomic mass is 10.1. The van der Waals surface area contributed by atoms with Crippen LogP contribution in [0.4, 0.5) is 14.9 Å². The number of hydrogen-bond acceptors (Lipinski definition) is 6. The molecule has 0 unspecified atom stereocenters. The predicted molar refractivity (Wildman–Crippen MR) is 127 cm³/mol. The van der Waals surface area contributed by atoms with Crippen LogP contribution in [0.3, 0.4) is 0 Å². The Hall–Kier alpha value is -3.13. The standard InChI is InChI=1S/C17H26FN3O2.C8H8O2/c1-17(2,3)23-16(22)20-7-6-13-4-5-15(14(18)12-13)21-10-8-19-9-11-21;9-7-10-6-8-4-2-1-3-5-8/h4-5,12,19H,6-11H2,1-3H3,(H,20,22);1-5,7H,6H2. The highest BCUT2D eigenvalue weighted by Gasteiger charge is 2.16. The minimum absolute atomic E-state index is 0.207. The smallest absolute Gasteiger partial charge is 0.407 e. The molecule has 0 aliphatic carbocycles. The number of piperazine rings is 1. The van der Waals surface area contributed by atoms with E-state index >= 15 is 0 Å². The SMILES string of the molecule is CC(C)(C)OC(=O)NCCc1ccc(N2CCNCC2)c(F)c1.O=COCc1ccccc1. The number of carbonyl (C=O) groups is 2. The van der Waals surface area contributed by atoms with Crippen molar-refractivity contribution in [2.24, 2.45) is 0 Å². The average molecular weight is 460 g/mol. The molecule has 1 fully saturated rings. The third kappa shape index (κ3) is 10.4. The van der Waals surface area contributed by atoms with Crippen molar-refractivity contribution in [3.8, 4) is 0 Å². The molecule has 0 radical (unpaired) electrons. The third-order valence-electron chi connectivity index (χ3n) is 4.71. The number of benzene rings is 2. The molecule has 3 rings (SSSR count). The number of amides is 1. The Morgan fingerprint density at radius 1 is 1.12 bits per heavy atom. The minimum atomic E-state index is -0.513. The van der Waals surface area contributed by atoms with Crippen molar-refractivity contribution in [1.29, 1.82) is 0 Å². The number of alkyl carbamates (subject to hydrolysis) is 1. The third-order valence-corrected chi connectivity index (χ3v) is 4.71. The first-order valence-corrected chi connectivity index (χ1v) is 11.1. The Balaban J connectivity index is 0.000000321. The Labute approximate surface area is 195 Å². The van der Waals surface area contributed by atoms with Crippen molar-refractivity contribution < 1.29 is 23.5 Å². The van der Waals surface area contributed by atoms with E-state index in [1.165, 1.54) is 0 Å². The highest BCUT2D eigenvalue weighted by Crippen LogP contribution is 2.21. The molecule has 1 amide bonds. The Bertz CT molecular complexity index is 866. The van der Waals surface area contributed by atoms with E-state index in [9.17, 15) is 14.0 Å². The van der Waals surface area contributed by atoms with Crippen LogP contribution in [0.15, 0.2) is 48.5 Å². The Morgan fingerprint density at radius 2 is 1.82 bits per heavy atom. The Kier molecular flexibility index (Phi) is 10.6. The lowest BCUT2D eigenvalue weighted by molar-refractivity contribution is -0.129. The molecule has 0 saturated carbocycles. The highest BCUT2D eigenvalue weighted by molar-refractivity contribution is 5.67. The maximum Gasteiger partial charge on any atom is 0.407 e. The molecule has 33 heavy (non-hydrogen) atoms. The summed E-state index contributed by atoms with van der Waals surface area (Å²) in [7, 11) is 0. The number of carbonyl (C=O) groups excluding carboxylic acids is 2. The van der Waals surface area contributed by atoms with Crippen LogP contribution in [0.1, 0.15) is 31.9 Å². The molecule has 2 aromatic carbocycles. The van der Waals surface area contributed by atoms with E-state index in [2.05, 4.69) is 20.3 Å². The fraction of sp³-hybridized carbons (Fsp3) is 0.440. The van der Waals surface area contributed by atoms with Gasteiger partial charge in [0.1, 0.15) is 18.0 Å². The number of nitrogens with zero attached hydrogens (tertiary/aromatic N) is 1. The molecule has 1 saturated heterocycles. The molecular formula is C25H34FN3O4. The van der Waals surface area contributed by atoms with Crippen molar-refractivity contribution in [2.75, 3.05) is 37.6 Å². The van der Waals surface area contributed by atoms with Gasteiger partial charge in [0.2, 0.25) is 0 Å². The van der Waals surface area contributed by atoms with Crippen LogP contribution in [0.2, 0.25) is 0 Å². The van der Waals surface area contributed by atoms with Gasteiger partial charge in [0.25, 0.3) is 6.47 Å². The molecule has 0 bridgehead atoms. The zero-order valence-electron chi connectivity index (χ0n) is 19.6. The first-order valence-electron chi connectivity index (χ1n) is 11.1. The molecule has 1 heterocycles. The quantitative estimate of drug-likeness (QED) is 0.615. The second kappa shape index (κ2) is 13.4. The topological polar surface area (TPSA) is 79.9 Å². The maximum atomic E-state index is 14.3. The lowest BCUT2D eigenvalue weighted by Crippen LogP contribution is -2.43. The van der Waals surface area contributed by atoms with E-state index < -0.39 is 11.7 Å². The predicted octanol–water partition coefficient (Wildman–Crippen LogP) is 3.66. The van der Waals surface area contributed by atoms with Gasteiger partial charge in [0.15, 0.2) is 0 Å². The number of rotatable bonds is 7. The van der Waals surface area contributed by atoms with Gasteiger partial charge in [-0.1, -0.05) is 36.4 Å². The molecular weight excluding hydrogens is 425 g/mol. The lowest BCUT2D eigenvalue weighted by Gasteiger charge is -2.29. The number of ether oxygens (including phenoxy) is 2. The van der Waals surface area contributed by atoms with Crippen molar-refractivity contribution in [2.45, 2.75) is 39.4 Å². The van der Waals surface area contributed by atoms with Gasteiger partial charge >= 0.3 is 6.09 Å². The van der Waals surface area contributed by atoms with Crippen molar-refractivity contribution in [1.82, 2.24) is 10.6 Å². The van der Waals surface area contributed by atoms with Crippen LogP contribution >= 0.6 is 0 Å². The van der Waals surface area contributed by atoms with Crippen LogP contribution in [-0.4, -0.2) is 50.9 Å². The van der Waals surface area contributed by atoms with Gasteiger partial charge in [-0.3, -0.25) is 4.79 Å². The number of anilines is 1. The molecule has 1 aliphatic rings. The zero-order chi connectivity index (χ0) is 24.1. The fourth-order valence-corrected chi connectivity index (χ4v) is 3.20. The molecule has 2 N–H and O–H groups in total. The summed E-state index contributed by atoms with van der Waals surface area (Å²) in [5.41, 5.74) is 2.00. The summed E-state index contributed by atoms with van der Waals surface area (Å²) in [6.45, 7) is 10.1.